The van der Waals surface area contributed by atoms with Gasteiger partial charge in [0.25, 0.3) is 10.4 Å². The Morgan fingerprint density at radius 2 is 2.00 bits per heavy atom. The molecule has 1 aromatic carbocycles. The van der Waals surface area contributed by atoms with Gasteiger partial charge in [0, 0.05) is 12.6 Å². The van der Waals surface area contributed by atoms with Crippen LogP contribution in [0.15, 0.2) is 18.2 Å². The van der Waals surface area contributed by atoms with Crippen molar-refractivity contribution in [3.8, 4) is 5.75 Å². The van der Waals surface area contributed by atoms with E-state index in [0.717, 1.165) is 30.6 Å². The molecule has 0 bridgehead atoms. The summed E-state index contributed by atoms with van der Waals surface area (Å²) in [7, 11) is 0. The number of hydrogen-bond acceptors (Lipinski definition) is 3. The molecule has 0 aromatic heterocycles. The highest BCUT2D eigenvalue weighted by atomic mass is 32.1. The van der Waals surface area contributed by atoms with Crippen molar-refractivity contribution in [1.82, 2.24) is 10.6 Å². The Labute approximate surface area is 167 Å². The lowest BCUT2D eigenvalue weighted by molar-refractivity contribution is 0.0778. The first-order valence-electron chi connectivity index (χ1n) is 9.01. The molecule has 1 aromatic rings. The standard InChI is InChI=1S/C20H30N2O2S2/c1-13-7-6-8-16(14(13)2)24-18(26)21-12-20(5)10-15(22-17(23)25)9-19(3,4)11-20/h6-8,15H,9-12H2,1-5H3,(H,21,26)(H2,22,23,25). The van der Waals surface area contributed by atoms with Gasteiger partial charge in [-0.15, -0.1) is 0 Å². The van der Waals surface area contributed by atoms with E-state index in [9.17, 15) is 4.79 Å². The summed E-state index contributed by atoms with van der Waals surface area (Å²) in [5.74, 6) is 0.789. The summed E-state index contributed by atoms with van der Waals surface area (Å²) in [5, 5.41) is 6.36. The van der Waals surface area contributed by atoms with Crippen LogP contribution in [-0.2, 0) is 0 Å². The molecular formula is C20H30N2O2S2. The van der Waals surface area contributed by atoms with Crippen LogP contribution in [0.1, 0.15) is 51.2 Å². The number of carbonyl (C=O) groups excluding carboxylic acids is 1. The number of aryl methyl sites for hydroxylation is 1. The Balaban J connectivity index is 1.98. The largest absolute Gasteiger partial charge is 0.432 e. The van der Waals surface area contributed by atoms with E-state index in [2.05, 4.69) is 57.0 Å². The van der Waals surface area contributed by atoms with Crippen LogP contribution < -0.4 is 15.4 Å². The van der Waals surface area contributed by atoms with E-state index in [1.807, 2.05) is 19.1 Å². The van der Waals surface area contributed by atoms with Crippen molar-refractivity contribution >= 4 is 35.3 Å². The summed E-state index contributed by atoms with van der Waals surface area (Å²) < 4.78 is 5.84. The average Bonchev–Trinajstić information content (AvgIpc) is 2.47. The Morgan fingerprint density at radius 1 is 1.31 bits per heavy atom. The molecule has 1 fully saturated rings. The molecule has 2 atom stereocenters. The maximum Gasteiger partial charge on any atom is 0.276 e. The van der Waals surface area contributed by atoms with E-state index in [1.165, 1.54) is 5.56 Å². The lowest BCUT2D eigenvalue weighted by atomic mass is 9.62. The van der Waals surface area contributed by atoms with Crippen LogP contribution in [0.3, 0.4) is 0 Å². The van der Waals surface area contributed by atoms with E-state index in [-0.39, 0.29) is 22.1 Å². The molecule has 1 aliphatic carbocycles. The van der Waals surface area contributed by atoms with Gasteiger partial charge in [-0.2, -0.15) is 0 Å². The average molecular weight is 395 g/mol. The fraction of sp³-hybridized carbons (Fsp3) is 0.600. The minimum atomic E-state index is -0.267. The number of rotatable bonds is 4. The maximum atomic E-state index is 11.4. The molecule has 0 radical (unpaired) electrons. The third-order valence-corrected chi connectivity index (χ3v) is 5.54. The minimum absolute atomic E-state index is 0.0116. The molecule has 0 saturated heterocycles. The lowest BCUT2D eigenvalue weighted by Crippen LogP contribution is -2.49. The summed E-state index contributed by atoms with van der Waals surface area (Å²) in [6, 6.07) is 6.08. The van der Waals surface area contributed by atoms with Crippen LogP contribution in [0.2, 0.25) is 0 Å². The number of benzene rings is 1. The first-order chi connectivity index (χ1) is 12.0. The summed E-state index contributed by atoms with van der Waals surface area (Å²) >= 11 is 9.27. The van der Waals surface area contributed by atoms with Gasteiger partial charge in [0.15, 0.2) is 0 Å². The van der Waals surface area contributed by atoms with Gasteiger partial charge in [-0.05, 0) is 73.4 Å². The van der Waals surface area contributed by atoms with Crippen LogP contribution in [0, 0.1) is 24.7 Å². The second kappa shape index (κ2) is 8.17. The van der Waals surface area contributed by atoms with E-state index in [1.54, 1.807) is 0 Å². The number of carbonyl (C=O) groups is 1. The zero-order valence-corrected chi connectivity index (χ0v) is 18.0. The molecule has 2 N–H and O–H groups in total. The molecule has 2 rings (SSSR count). The highest BCUT2D eigenvalue weighted by molar-refractivity contribution is 7.96. The molecule has 1 saturated carbocycles. The fourth-order valence-corrected chi connectivity index (χ4v) is 4.65. The quantitative estimate of drug-likeness (QED) is 0.508. The maximum absolute atomic E-state index is 11.4. The second-order valence-electron chi connectivity index (χ2n) is 8.65. The zero-order chi connectivity index (χ0) is 19.5. The first kappa shape index (κ1) is 21.0. The van der Waals surface area contributed by atoms with E-state index >= 15 is 0 Å². The molecule has 0 spiro atoms. The number of amides is 1. The van der Waals surface area contributed by atoms with Crippen molar-refractivity contribution in [3.63, 3.8) is 0 Å². The van der Waals surface area contributed by atoms with Crippen LogP contribution >= 0.6 is 24.8 Å². The molecule has 6 heteroatoms. The highest BCUT2D eigenvalue weighted by Crippen LogP contribution is 2.45. The molecule has 1 aliphatic rings. The van der Waals surface area contributed by atoms with Crippen LogP contribution in [0.4, 0.5) is 4.79 Å². The highest BCUT2D eigenvalue weighted by Gasteiger charge is 2.41. The van der Waals surface area contributed by atoms with Crippen molar-refractivity contribution in [3.05, 3.63) is 29.3 Å². The van der Waals surface area contributed by atoms with Gasteiger partial charge in [-0.1, -0.05) is 45.5 Å². The molecule has 2 unspecified atom stereocenters. The van der Waals surface area contributed by atoms with Crippen molar-refractivity contribution < 1.29 is 9.53 Å². The smallest absolute Gasteiger partial charge is 0.276 e. The number of ether oxygens (including phenoxy) is 1. The van der Waals surface area contributed by atoms with Crippen LogP contribution in [-0.4, -0.2) is 23.0 Å². The van der Waals surface area contributed by atoms with Gasteiger partial charge in [0.1, 0.15) is 5.75 Å². The monoisotopic (exact) mass is 394 g/mol. The minimum Gasteiger partial charge on any atom is -0.432 e. The summed E-state index contributed by atoms with van der Waals surface area (Å²) in [6.07, 6.45) is 2.90. The van der Waals surface area contributed by atoms with E-state index in [0.29, 0.717) is 11.7 Å². The van der Waals surface area contributed by atoms with Crippen molar-refractivity contribution in [2.45, 2.75) is 59.9 Å². The fourth-order valence-electron chi connectivity index (χ4n) is 4.30. The molecule has 0 aliphatic heterocycles. The van der Waals surface area contributed by atoms with Crippen LogP contribution in [0.5, 0.6) is 5.75 Å². The predicted octanol–water partition coefficient (Wildman–Crippen LogP) is 4.78. The molecule has 144 valence electrons. The van der Waals surface area contributed by atoms with E-state index < -0.39 is 0 Å². The van der Waals surface area contributed by atoms with Gasteiger partial charge in [0.2, 0.25) is 0 Å². The van der Waals surface area contributed by atoms with Crippen molar-refractivity contribution in [1.29, 1.82) is 0 Å². The number of hydrogen-bond donors (Lipinski definition) is 3. The van der Waals surface area contributed by atoms with Crippen molar-refractivity contribution in [2.24, 2.45) is 10.8 Å². The van der Waals surface area contributed by atoms with Gasteiger partial charge in [-0.3, -0.25) is 4.79 Å². The summed E-state index contributed by atoms with van der Waals surface area (Å²) in [5.41, 5.74) is 2.43. The van der Waals surface area contributed by atoms with Gasteiger partial charge in [0.05, 0.1) is 0 Å². The predicted molar refractivity (Wildman–Crippen MR) is 114 cm³/mol. The number of thiocarbonyl (C=S) groups is 1. The number of nitrogens with one attached hydrogen (secondary N) is 2. The Hall–Kier alpha value is -1.27. The van der Waals surface area contributed by atoms with Gasteiger partial charge < -0.3 is 15.4 Å². The molecule has 1 amide bonds. The Kier molecular flexibility index (Phi) is 6.61. The molecule has 26 heavy (non-hydrogen) atoms. The Bertz CT molecular complexity index is 690. The van der Waals surface area contributed by atoms with Crippen molar-refractivity contribution in [2.75, 3.05) is 6.54 Å². The normalized spacial score (nSPS) is 24.6. The van der Waals surface area contributed by atoms with E-state index in [4.69, 9.17) is 17.0 Å². The number of thiol groups is 1. The summed E-state index contributed by atoms with van der Waals surface area (Å²) in [6.45, 7) is 11.5. The molecule has 0 heterocycles. The third-order valence-electron chi connectivity index (χ3n) is 5.19. The van der Waals surface area contributed by atoms with Crippen LogP contribution in [0.25, 0.3) is 0 Å². The molecule has 4 nitrogen and oxygen atoms in total. The third kappa shape index (κ3) is 5.88. The van der Waals surface area contributed by atoms with Gasteiger partial charge in [-0.25, -0.2) is 0 Å². The Morgan fingerprint density at radius 3 is 2.65 bits per heavy atom. The first-order valence-corrected chi connectivity index (χ1v) is 9.87. The molecular weight excluding hydrogens is 364 g/mol. The summed E-state index contributed by atoms with van der Waals surface area (Å²) in [4.78, 5) is 11.4. The lowest BCUT2D eigenvalue weighted by Gasteiger charge is -2.46. The zero-order valence-electron chi connectivity index (χ0n) is 16.3. The second-order valence-corrected chi connectivity index (χ2v) is 9.42. The topological polar surface area (TPSA) is 50.4 Å². The van der Waals surface area contributed by atoms with Gasteiger partial charge >= 0.3 is 0 Å². The SMILES string of the molecule is Cc1cccc(OC(=S)NCC2(C)CC(NC(=O)S)CC(C)(C)C2)c1C.